The van der Waals surface area contributed by atoms with Gasteiger partial charge in [0.15, 0.2) is 11.6 Å². The molecule has 128 valence electrons. The Kier molecular flexibility index (Phi) is 5.40. The summed E-state index contributed by atoms with van der Waals surface area (Å²) in [5.41, 5.74) is 5.79. The number of nitrogens with two attached hydrogens (primary N) is 1. The summed E-state index contributed by atoms with van der Waals surface area (Å²) < 4.78 is 41.5. The van der Waals surface area contributed by atoms with Crippen molar-refractivity contribution in [3.05, 3.63) is 34.6 Å². The van der Waals surface area contributed by atoms with E-state index in [-0.39, 0.29) is 39.2 Å². The molecular formula is C15H13ClF2N2O4. The number of carbonyl (C=O) groups excluding carboxylic acids is 1. The van der Waals surface area contributed by atoms with E-state index in [0.717, 1.165) is 7.11 Å². The second-order valence-electron chi connectivity index (χ2n) is 4.53. The van der Waals surface area contributed by atoms with Crippen LogP contribution in [0, 0.1) is 5.82 Å². The summed E-state index contributed by atoms with van der Waals surface area (Å²) in [6.45, 7) is -0.896. The number of anilines is 1. The van der Waals surface area contributed by atoms with Gasteiger partial charge in [0.25, 0.3) is 0 Å². The van der Waals surface area contributed by atoms with Gasteiger partial charge in [-0.05, 0) is 12.1 Å². The number of carbonyl (C=O) groups is 1. The van der Waals surface area contributed by atoms with Gasteiger partial charge >= 0.3 is 6.16 Å². The standard InChI is InChI=1S/C15H13ClF2N2O4/c1-22-13-7(6-17)3-4-8(12(13)18)10-5-9(19)11(16)14(20-10)24-15(21)23-2/h3-5H,6H2,1-2H3,(H2,19,20). The Balaban J connectivity index is 2.59. The first-order valence-electron chi connectivity index (χ1n) is 6.56. The number of hydrogen-bond acceptors (Lipinski definition) is 6. The normalized spacial score (nSPS) is 10.4. The van der Waals surface area contributed by atoms with E-state index in [9.17, 15) is 13.6 Å². The predicted octanol–water partition coefficient (Wildman–Crippen LogP) is 3.75. The molecule has 0 radical (unpaired) electrons. The molecule has 0 saturated heterocycles. The number of pyridine rings is 1. The Morgan fingerprint density at radius 2 is 2.08 bits per heavy atom. The van der Waals surface area contributed by atoms with Crippen LogP contribution in [0.1, 0.15) is 5.56 Å². The van der Waals surface area contributed by atoms with Crippen molar-refractivity contribution in [1.29, 1.82) is 0 Å². The third-order valence-electron chi connectivity index (χ3n) is 3.10. The highest BCUT2D eigenvalue weighted by atomic mass is 35.5. The molecule has 0 aliphatic heterocycles. The van der Waals surface area contributed by atoms with Crippen LogP contribution in [0.15, 0.2) is 18.2 Å². The first-order valence-corrected chi connectivity index (χ1v) is 6.94. The summed E-state index contributed by atoms with van der Waals surface area (Å²) in [5.74, 6) is -1.42. The molecule has 2 aromatic rings. The molecule has 1 heterocycles. The van der Waals surface area contributed by atoms with Gasteiger partial charge in [-0.25, -0.2) is 18.6 Å². The lowest BCUT2D eigenvalue weighted by Gasteiger charge is -2.13. The highest BCUT2D eigenvalue weighted by molar-refractivity contribution is 6.34. The SMILES string of the molecule is COC(=O)Oc1nc(-c2ccc(CF)c(OC)c2F)cc(N)c1Cl. The zero-order valence-electron chi connectivity index (χ0n) is 12.7. The number of rotatable bonds is 4. The third-order valence-corrected chi connectivity index (χ3v) is 3.48. The molecule has 1 aromatic heterocycles. The zero-order valence-corrected chi connectivity index (χ0v) is 13.5. The largest absolute Gasteiger partial charge is 0.514 e. The molecule has 0 spiro atoms. The van der Waals surface area contributed by atoms with E-state index in [1.165, 1.54) is 25.3 Å². The molecule has 0 amide bonds. The Hall–Kier alpha value is -2.61. The van der Waals surface area contributed by atoms with E-state index in [1.807, 2.05) is 0 Å². The van der Waals surface area contributed by atoms with Crippen molar-refractivity contribution >= 4 is 23.4 Å². The molecular weight excluding hydrogens is 346 g/mol. The maximum atomic E-state index is 14.6. The summed E-state index contributed by atoms with van der Waals surface area (Å²) in [6, 6.07) is 3.95. The van der Waals surface area contributed by atoms with Crippen molar-refractivity contribution in [2.45, 2.75) is 6.67 Å². The Morgan fingerprint density at radius 1 is 1.38 bits per heavy atom. The zero-order chi connectivity index (χ0) is 17.9. The lowest BCUT2D eigenvalue weighted by Crippen LogP contribution is -2.10. The van der Waals surface area contributed by atoms with E-state index < -0.39 is 18.6 Å². The van der Waals surface area contributed by atoms with Gasteiger partial charge in [-0.2, -0.15) is 0 Å². The summed E-state index contributed by atoms with van der Waals surface area (Å²) in [4.78, 5) is 15.2. The topological polar surface area (TPSA) is 83.7 Å². The van der Waals surface area contributed by atoms with Gasteiger partial charge in [-0.1, -0.05) is 17.7 Å². The number of hydrogen-bond donors (Lipinski definition) is 1. The van der Waals surface area contributed by atoms with E-state index >= 15 is 0 Å². The number of aromatic nitrogens is 1. The highest BCUT2D eigenvalue weighted by Crippen LogP contribution is 2.36. The van der Waals surface area contributed by atoms with E-state index in [4.69, 9.17) is 26.8 Å². The van der Waals surface area contributed by atoms with Crippen LogP contribution in [0.3, 0.4) is 0 Å². The predicted molar refractivity (Wildman–Crippen MR) is 83.5 cm³/mol. The second-order valence-corrected chi connectivity index (χ2v) is 4.90. The molecule has 6 nitrogen and oxygen atoms in total. The van der Waals surface area contributed by atoms with Crippen molar-refractivity contribution in [3.63, 3.8) is 0 Å². The summed E-state index contributed by atoms with van der Waals surface area (Å²) in [7, 11) is 2.32. The molecule has 2 rings (SSSR count). The van der Waals surface area contributed by atoms with E-state index in [2.05, 4.69) is 9.72 Å². The van der Waals surface area contributed by atoms with Gasteiger partial charge in [-0.15, -0.1) is 0 Å². The van der Waals surface area contributed by atoms with E-state index in [0.29, 0.717) is 0 Å². The van der Waals surface area contributed by atoms with Crippen LogP contribution in [0.25, 0.3) is 11.3 Å². The molecule has 0 aliphatic carbocycles. The van der Waals surface area contributed by atoms with Crippen LogP contribution in [-0.4, -0.2) is 25.4 Å². The van der Waals surface area contributed by atoms with Gasteiger partial charge < -0.3 is 19.9 Å². The smallest absolute Gasteiger partial charge is 0.493 e. The van der Waals surface area contributed by atoms with Crippen LogP contribution < -0.4 is 15.2 Å². The third kappa shape index (κ3) is 3.33. The lowest BCUT2D eigenvalue weighted by atomic mass is 10.1. The molecule has 0 fully saturated rings. The van der Waals surface area contributed by atoms with Crippen LogP contribution >= 0.6 is 11.6 Å². The first kappa shape index (κ1) is 17.7. The average molecular weight is 359 g/mol. The molecule has 0 bridgehead atoms. The quantitative estimate of drug-likeness (QED) is 0.838. The molecule has 0 aliphatic rings. The number of methoxy groups -OCH3 is 2. The molecule has 0 atom stereocenters. The maximum absolute atomic E-state index is 14.6. The number of benzene rings is 1. The molecule has 24 heavy (non-hydrogen) atoms. The van der Waals surface area contributed by atoms with Gasteiger partial charge in [0.05, 0.1) is 25.6 Å². The lowest BCUT2D eigenvalue weighted by molar-refractivity contribution is 0.120. The highest BCUT2D eigenvalue weighted by Gasteiger charge is 2.20. The fourth-order valence-corrected chi connectivity index (χ4v) is 2.11. The fraction of sp³-hybridized carbons (Fsp3) is 0.200. The average Bonchev–Trinajstić information content (AvgIpc) is 2.58. The number of nitrogens with zero attached hydrogens (tertiary/aromatic N) is 1. The monoisotopic (exact) mass is 358 g/mol. The van der Waals surface area contributed by atoms with Crippen LogP contribution in [-0.2, 0) is 11.4 Å². The van der Waals surface area contributed by atoms with Crippen molar-refractivity contribution in [2.24, 2.45) is 0 Å². The number of nitrogen functional groups attached to an aromatic ring is 1. The number of alkyl halides is 1. The second kappa shape index (κ2) is 7.31. The van der Waals surface area contributed by atoms with Crippen molar-refractivity contribution in [3.8, 4) is 22.9 Å². The van der Waals surface area contributed by atoms with Gasteiger partial charge in [0.2, 0.25) is 5.88 Å². The van der Waals surface area contributed by atoms with Crippen LogP contribution in [0.5, 0.6) is 11.6 Å². The molecule has 0 saturated carbocycles. The molecule has 2 N–H and O–H groups in total. The molecule has 0 unspecified atom stereocenters. The van der Waals surface area contributed by atoms with Crippen LogP contribution in [0.2, 0.25) is 5.02 Å². The Labute approximate surface area is 141 Å². The Bertz CT molecular complexity index is 787. The van der Waals surface area contributed by atoms with Gasteiger partial charge in [0, 0.05) is 11.1 Å². The first-order chi connectivity index (χ1) is 11.4. The minimum Gasteiger partial charge on any atom is -0.493 e. The minimum atomic E-state index is -1.06. The fourth-order valence-electron chi connectivity index (χ4n) is 1.97. The van der Waals surface area contributed by atoms with Crippen molar-refractivity contribution < 1.29 is 27.8 Å². The van der Waals surface area contributed by atoms with Gasteiger partial charge in [0.1, 0.15) is 11.7 Å². The van der Waals surface area contributed by atoms with Gasteiger partial charge in [-0.3, -0.25) is 0 Å². The molecule has 9 heteroatoms. The van der Waals surface area contributed by atoms with E-state index in [1.54, 1.807) is 0 Å². The Morgan fingerprint density at radius 3 is 2.67 bits per heavy atom. The van der Waals surface area contributed by atoms with Crippen molar-refractivity contribution in [2.75, 3.05) is 20.0 Å². The number of ether oxygens (including phenoxy) is 3. The maximum Gasteiger partial charge on any atom is 0.514 e. The van der Waals surface area contributed by atoms with Crippen LogP contribution in [0.4, 0.5) is 19.3 Å². The summed E-state index contributed by atoms with van der Waals surface area (Å²) >= 11 is 5.91. The number of halogens is 3. The minimum absolute atomic E-state index is 0.00787. The summed E-state index contributed by atoms with van der Waals surface area (Å²) in [6.07, 6.45) is -1.06. The molecule has 1 aromatic carbocycles. The van der Waals surface area contributed by atoms with Crippen molar-refractivity contribution in [1.82, 2.24) is 4.98 Å². The summed E-state index contributed by atoms with van der Waals surface area (Å²) in [5, 5.41) is -0.128.